The van der Waals surface area contributed by atoms with Crippen molar-refractivity contribution >= 4 is 17.4 Å². The second-order valence-corrected chi connectivity index (χ2v) is 3.96. The molecule has 0 aliphatic carbocycles. The second-order valence-electron chi connectivity index (χ2n) is 3.96. The van der Waals surface area contributed by atoms with E-state index in [2.05, 4.69) is 5.10 Å². The van der Waals surface area contributed by atoms with Gasteiger partial charge in [-0.2, -0.15) is 5.10 Å². The molecule has 0 atom stereocenters. The van der Waals surface area contributed by atoms with Gasteiger partial charge < -0.3 is 11.5 Å². The molecule has 0 radical (unpaired) electrons. The van der Waals surface area contributed by atoms with Gasteiger partial charge in [-0.15, -0.1) is 0 Å². The lowest BCUT2D eigenvalue weighted by atomic mass is 10.2. The molecule has 1 amide bonds. The molecule has 0 saturated carbocycles. The number of hydrogen-bond acceptors (Lipinski definition) is 5. The van der Waals surface area contributed by atoms with Crippen LogP contribution in [0.4, 0.5) is 11.5 Å². The number of nitrogen functional groups attached to an aromatic ring is 1. The van der Waals surface area contributed by atoms with Crippen LogP contribution in [0.3, 0.4) is 0 Å². The Hall–Kier alpha value is -2.90. The van der Waals surface area contributed by atoms with Gasteiger partial charge in [-0.1, -0.05) is 6.07 Å². The monoisotopic (exact) mass is 261 g/mol. The Kier molecular flexibility index (Phi) is 2.91. The number of aryl methyl sites for hydroxylation is 1. The van der Waals surface area contributed by atoms with Crippen molar-refractivity contribution in [2.45, 2.75) is 6.92 Å². The van der Waals surface area contributed by atoms with Gasteiger partial charge in [0, 0.05) is 18.2 Å². The Balaban J connectivity index is 2.61. The van der Waals surface area contributed by atoms with Gasteiger partial charge >= 0.3 is 0 Å². The first-order chi connectivity index (χ1) is 8.90. The summed E-state index contributed by atoms with van der Waals surface area (Å²) < 4.78 is 1.25. The number of non-ortho nitro benzene ring substituents is 1. The molecule has 0 aliphatic heterocycles. The van der Waals surface area contributed by atoms with Crippen LogP contribution in [0.25, 0.3) is 5.69 Å². The standard InChI is InChI=1S/C11H11N5O3/c1-6-2-3-7(16(18)19)4-9(6)15-10(12)5-8(14-15)11(13)17/h2-5H,12H2,1H3,(H2,13,17). The molecular weight excluding hydrogens is 250 g/mol. The summed E-state index contributed by atoms with van der Waals surface area (Å²) >= 11 is 0. The minimum absolute atomic E-state index is 0.00315. The second kappa shape index (κ2) is 4.41. The number of benzene rings is 1. The maximum absolute atomic E-state index is 11.0. The van der Waals surface area contributed by atoms with Crippen LogP contribution in [0.5, 0.6) is 0 Å². The van der Waals surface area contributed by atoms with Crippen LogP contribution in [0.2, 0.25) is 0 Å². The zero-order valence-corrected chi connectivity index (χ0v) is 10.0. The van der Waals surface area contributed by atoms with E-state index < -0.39 is 10.8 Å². The van der Waals surface area contributed by atoms with E-state index in [1.807, 2.05) is 0 Å². The van der Waals surface area contributed by atoms with Crippen molar-refractivity contribution in [2.75, 3.05) is 5.73 Å². The summed E-state index contributed by atoms with van der Waals surface area (Å²) in [5, 5.41) is 14.7. The number of amides is 1. The number of carbonyl (C=O) groups is 1. The van der Waals surface area contributed by atoms with E-state index in [0.717, 1.165) is 5.56 Å². The first-order valence-electron chi connectivity index (χ1n) is 5.31. The molecule has 8 nitrogen and oxygen atoms in total. The zero-order chi connectivity index (χ0) is 14.2. The molecule has 1 heterocycles. The fourth-order valence-corrected chi connectivity index (χ4v) is 1.65. The van der Waals surface area contributed by atoms with Crippen LogP contribution in [0, 0.1) is 17.0 Å². The first kappa shape index (κ1) is 12.6. The van der Waals surface area contributed by atoms with Gasteiger partial charge in [-0.05, 0) is 12.5 Å². The smallest absolute Gasteiger partial charge is 0.271 e. The zero-order valence-electron chi connectivity index (χ0n) is 10.0. The number of nitrogens with two attached hydrogens (primary N) is 2. The summed E-state index contributed by atoms with van der Waals surface area (Å²) in [6, 6.07) is 5.62. The predicted octanol–water partition coefficient (Wildman–Crippen LogP) is 0.770. The summed E-state index contributed by atoms with van der Waals surface area (Å²) in [7, 11) is 0. The van der Waals surface area contributed by atoms with E-state index in [-0.39, 0.29) is 17.2 Å². The van der Waals surface area contributed by atoms with E-state index >= 15 is 0 Å². The average Bonchev–Trinajstić information content (AvgIpc) is 2.72. The van der Waals surface area contributed by atoms with Crippen molar-refractivity contribution in [1.82, 2.24) is 9.78 Å². The van der Waals surface area contributed by atoms with Gasteiger partial charge in [0.25, 0.3) is 11.6 Å². The summed E-state index contributed by atoms with van der Waals surface area (Å²) in [5.41, 5.74) is 11.9. The third-order valence-corrected chi connectivity index (χ3v) is 2.62. The summed E-state index contributed by atoms with van der Waals surface area (Å²) in [6.45, 7) is 1.75. The summed E-state index contributed by atoms with van der Waals surface area (Å²) in [6.07, 6.45) is 0. The Morgan fingerprint density at radius 1 is 1.42 bits per heavy atom. The maximum atomic E-state index is 11.0. The van der Waals surface area contributed by atoms with E-state index in [9.17, 15) is 14.9 Å². The van der Waals surface area contributed by atoms with Gasteiger partial charge in [0.1, 0.15) is 5.82 Å². The Morgan fingerprint density at radius 3 is 2.63 bits per heavy atom. The topological polar surface area (TPSA) is 130 Å². The molecule has 0 spiro atoms. The number of primary amides is 1. The highest BCUT2D eigenvalue weighted by Gasteiger charge is 2.15. The lowest BCUT2D eigenvalue weighted by Crippen LogP contribution is -2.12. The molecule has 1 aromatic heterocycles. The Bertz CT molecular complexity index is 677. The molecule has 0 saturated heterocycles. The maximum Gasteiger partial charge on any atom is 0.271 e. The largest absolute Gasteiger partial charge is 0.384 e. The van der Waals surface area contributed by atoms with Crippen LogP contribution < -0.4 is 11.5 Å². The van der Waals surface area contributed by atoms with E-state index in [1.165, 1.54) is 22.9 Å². The highest BCUT2D eigenvalue weighted by atomic mass is 16.6. The van der Waals surface area contributed by atoms with E-state index in [1.54, 1.807) is 13.0 Å². The molecule has 19 heavy (non-hydrogen) atoms. The highest BCUT2D eigenvalue weighted by molar-refractivity contribution is 5.91. The van der Waals surface area contributed by atoms with Crippen LogP contribution in [0.1, 0.15) is 16.1 Å². The molecule has 2 aromatic rings. The van der Waals surface area contributed by atoms with Gasteiger partial charge in [-0.3, -0.25) is 14.9 Å². The Morgan fingerprint density at radius 2 is 2.11 bits per heavy atom. The van der Waals surface area contributed by atoms with Crippen LogP contribution in [0.15, 0.2) is 24.3 Å². The normalized spacial score (nSPS) is 10.4. The quantitative estimate of drug-likeness (QED) is 0.622. The molecule has 0 unspecified atom stereocenters. The van der Waals surface area contributed by atoms with Crippen molar-refractivity contribution < 1.29 is 9.72 Å². The molecular formula is C11H11N5O3. The number of nitrogens with zero attached hydrogens (tertiary/aromatic N) is 3. The Labute approximate surface area is 107 Å². The first-order valence-corrected chi connectivity index (χ1v) is 5.31. The van der Waals surface area contributed by atoms with Crippen molar-refractivity contribution in [3.63, 3.8) is 0 Å². The number of rotatable bonds is 3. The van der Waals surface area contributed by atoms with Crippen molar-refractivity contribution in [1.29, 1.82) is 0 Å². The molecule has 0 aliphatic rings. The molecule has 8 heteroatoms. The predicted molar refractivity (Wildman–Crippen MR) is 67.9 cm³/mol. The highest BCUT2D eigenvalue weighted by Crippen LogP contribution is 2.23. The number of nitro benzene ring substituents is 1. The summed E-state index contributed by atoms with van der Waals surface area (Å²) in [5.74, 6) is -0.536. The van der Waals surface area contributed by atoms with Gasteiger partial charge in [0.05, 0.1) is 10.6 Å². The molecule has 0 fully saturated rings. The number of hydrogen-bond donors (Lipinski definition) is 2. The number of anilines is 1. The number of nitro groups is 1. The molecule has 4 N–H and O–H groups in total. The van der Waals surface area contributed by atoms with Crippen LogP contribution in [-0.4, -0.2) is 20.6 Å². The van der Waals surface area contributed by atoms with Crippen molar-refractivity contribution in [2.24, 2.45) is 5.73 Å². The molecule has 2 rings (SSSR count). The fraction of sp³-hybridized carbons (Fsp3) is 0.0909. The molecule has 0 bridgehead atoms. The SMILES string of the molecule is Cc1ccc([N+](=O)[O-])cc1-n1nc(C(N)=O)cc1N. The minimum atomic E-state index is -0.714. The third-order valence-electron chi connectivity index (χ3n) is 2.62. The number of carbonyl (C=O) groups excluding carboxylic acids is 1. The molecule has 1 aromatic carbocycles. The average molecular weight is 261 g/mol. The minimum Gasteiger partial charge on any atom is -0.384 e. The lowest BCUT2D eigenvalue weighted by molar-refractivity contribution is -0.384. The van der Waals surface area contributed by atoms with Crippen LogP contribution in [-0.2, 0) is 0 Å². The molecule has 98 valence electrons. The number of aromatic nitrogens is 2. The summed E-state index contributed by atoms with van der Waals surface area (Å²) in [4.78, 5) is 21.3. The lowest BCUT2D eigenvalue weighted by Gasteiger charge is -2.07. The fourth-order valence-electron chi connectivity index (χ4n) is 1.65. The van der Waals surface area contributed by atoms with Gasteiger partial charge in [-0.25, -0.2) is 4.68 Å². The van der Waals surface area contributed by atoms with E-state index in [0.29, 0.717) is 5.69 Å². The van der Waals surface area contributed by atoms with Crippen molar-refractivity contribution in [3.05, 3.63) is 45.6 Å². The van der Waals surface area contributed by atoms with E-state index in [4.69, 9.17) is 11.5 Å². The van der Waals surface area contributed by atoms with Crippen molar-refractivity contribution in [3.8, 4) is 5.69 Å². The van der Waals surface area contributed by atoms with Gasteiger partial charge in [0.15, 0.2) is 5.69 Å². The third kappa shape index (κ3) is 2.23. The van der Waals surface area contributed by atoms with Gasteiger partial charge in [0.2, 0.25) is 0 Å². The van der Waals surface area contributed by atoms with Crippen LogP contribution >= 0.6 is 0 Å².